The first kappa shape index (κ1) is 9.68. The Hall–Kier alpha value is -1.32. The van der Waals surface area contributed by atoms with Crippen molar-refractivity contribution in [3.8, 4) is 0 Å². The van der Waals surface area contributed by atoms with E-state index < -0.39 is 18.0 Å². The van der Waals surface area contributed by atoms with Gasteiger partial charge in [0.15, 0.2) is 0 Å². The summed E-state index contributed by atoms with van der Waals surface area (Å²) in [6, 6.07) is 0. The molecule has 1 unspecified atom stereocenters. The summed E-state index contributed by atoms with van der Waals surface area (Å²) in [7, 11) is 0. The highest BCUT2D eigenvalue weighted by Gasteiger charge is 2.15. The molecule has 0 spiro atoms. The van der Waals surface area contributed by atoms with Gasteiger partial charge in [-0.05, 0) is 6.92 Å². The number of esters is 1. The molecule has 0 amide bonds. The molecule has 11 heavy (non-hydrogen) atoms. The summed E-state index contributed by atoms with van der Waals surface area (Å²) >= 11 is 0. The van der Waals surface area contributed by atoms with Gasteiger partial charge in [-0.3, -0.25) is 4.79 Å². The number of hydrogen-bond acceptors (Lipinski definition) is 3. The summed E-state index contributed by atoms with van der Waals surface area (Å²) in [6.07, 6.45) is -0.759. The van der Waals surface area contributed by atoms with Crippen LogP contribution in [0.1, 0.15) is 13.8 Å². The van der Waals surface area contributed by atoms with Crippen molar-refractivity contribution in [3.05, 3.63) is 12.2 Å². The van der Waals surface area contributed by atoms with Gasteiger partial charge in [0, 0.05) is 6.92 Å². The molecule has 0 heterocycles. The summed E-state index contributed by atoms with van der Waals surface area (Å²) in [5.41, 5.74) is -0.125. The predicted molar refractivity (Wildman–Crippen MR) is 38.0 cm³/mol. The second kappa shape index (κ2) is 3.75. The summed E-state index contributed by atoms with van der Waals surface area (Å²) in [6.45, 7) is 5.90. The summed E-state index contributed by atoms with van der Waals surface area (Å²) in [5, 5.41) is 8.37. The van der Waals surface area contributed by atoms with Crippen molar-refractivity contribution in [1.82, 2.24) is 0 Å². The van der Waals surface area contributed by atoms with Gasteiger partial charge in [0.05, 0.1) is 5.57 Å². The minimum absolute atomic E-state index is 0.125. The molecule has 0 aliphatic rings. The van der Waals surface area contributed by atoms with E-state index in [1.54, 1.807) is 0 Å². The van der Waals surface area contributed by atoms with Crippen LogP contribution >= 0.6 is 0 Å². The molecule has 0 radical (unpaired) electrons. The molecule has 0 aromatic heterocycles. The first-order valence-corrected chi connectivity index (χ1v) is 3.04. The monoisotopic (exact) mass is 158 g/mol. The van der Waals surface area contributed by atoms with Gasteiger partial charge in [0.2, 0.25) is 0 Å². The van der Waals surface area contributed by atoms with Crippen molar-refractivity contribution in [2.24, 2.45) is 0 Å². The summed E-state index contributed by atoms with van der Waals surface area (Å²) in [5.74, 6) is -1.67. The minimum Gasteiger partial charge on any atom is -0.478 e. The molecular formula is C7H10O4. The first-order valence-electron chi connectivity index (χ1n) is 3.04. The van der Waals surface area contributed by atoms with Gasteiger partial charge < -0.3 is 9.84 Å². The summed E-state index contributed by atoms with van der Waals surface area (Å²) in [4.78, 5) is 20.6. The molecular weight excluding hydrogens is 148 g/mol. The molecule has 0 aromatic carbocycles. The van der Waals surface area contributed by atoms with Crippen molar-refractivity contribution < 1.29 is 19.4 Å². The zero-order chi connectivity index (χ0) is 9.02. The molecule has 0 aliphatic heterocycles. The quantitative estimate of drug-likeness (QED) is 0.482. The van der Waals surface area contributed by atoms with Gasteiger partial charge in [-0.2, -0.15) is 0 Å². The molecule has 0 aliphatic carbocycles. The average molecular weight is 158 g/mol. The number of aliphatic carboxylic acids is 1. The third-order valence-electron chi connectivity index (χ3n) is 1.11. The molecule has 1 atom stereocenters. The zero-order valence-electron chi connectivity index (χ0n) is 6.46. The van der Waals surface area contributed by atoms with Crippen LogP contribution in [0.2, 0.25) is 0 Å². The van der Waals surface area contributed by atoms with Gasteiger partial charge in [-0.25, -0.2) is 4.79 Å². The highest BCUT2D eigenvalue weighted by molar-refractivity contribution is 5.87. The Morgan fingerprint density at radius 3 is 2.27 bits per heavy atom. The Balaban J connectivity index is 4.03. The Bertz CT molecular complexity index is 195. The Kier molecular flexibility index (Phi) is 3.30. The summed E-state index contributed by atoms with van der Waals surface area (Å²) < 4.78 is 4.55. The molecule has 4 heteroatoms. The highest BCUT2D eigenvalue weighted by atomic mass is 16.5. The third kappa shape index (κ3) is 3.40. The topological polar surface area (TPSA) is 63.6 Å². The van der Waals surface area contributed by atoms with Crippen LogP contribution in [0.25, 0.3) is 0 Å². The van der Waals surface area contributed by atoms with Crippen LogP contribution in [0.5, 0.6) is 0 Å². The van der Waals surface area contributed by atoms with Crippen LogP contribution in [-0.4, -0.2) is 23.1 Å². The van der Waals surface area contributed by atoms with Gasteiger partial charge in [0.1, 0.15) is 6.10 Å². The molecule has 4 nitrogen and oxygen atoms in total. The molecule has 0 rings (SSSR count). The van der Waals surface area contributed by atoms with E-state index in [1.807, 2.05) is 0 Å². The van der Waals surface area contributed by atoms with Crippen LogP contribution < -0.4 is 0 Å². The fraction of sp³-hybridized carbons (Fsp3) is 0.429. The molecule has 0 saturated carbocycles. The lowest BCUT2D eigenvalue weighted by Crippen LogP contribution is -2.19. The number of ether oxygens (including phenoxy) is 1. The van der Waals surface area contributed by atoms with E-state index in [2.05, 4.69) is 11.3 Å². The van der Waals surface area contributed by atoms with Crippen molar-refractivity contribution in [2.75, 3.05) is 0 Å². The average Bonchev–Trinajstić information content (AvgIpc) is 1.84. The van der Waals surface area contributed by atoms with Crippen molar-refractivity contribution in [2.45, 2.75) is 20.0 Å². The molecule has 62 valence electrons. The second-order valence-electron chi connectivity index (χ2n) is 2.08. The van der Waals surface area contributed by atoms with E-state index in [9.17, 15) is 9.59 Å². The SMILES string of the molecule is C=C(C(=O)O)C(C)OC(C)=O. The van der Waals surface area contributed by atoms with Gasteiger partial charge in [0.25, 0.3) is 0 Å². The second-order valence-corrected chi connectivity index (χ2v) is 2.08. The van der Waals surface area contributed by atoms with Gasteiger partial charge >= 0.3 is 11.9 Å². The van der Waals surface area contributed by atoms with E-state index >= 15 is 0 Å². The van der Waals surface area contributed by atoms with Crippen LogP contribution in [-0.2, 0) is 14.3 Å². The standard InChI is InChI=1S/C7H10O4/c1-4(7(9)10)5(2)11-6(3)8/h5H,1H2,2-3H3,(H,9,10). The van der Waals surface area contributed by atoms with E-state index in [0.717, 1.165) is 0 Å². The lowest BCUT2D eigenvalue weighted by atomic mass is 10.2. The fourth-order valence-corrected chi connectivity index (χ4v) is 0.494. The Morgan fingerprint density at radius 1 is 1.55 bits per heavy atom. The lowest BCUT2D eigenvalue weighted by molar-refractivity contribution is -0.145. The Morgan fingerprint density at radius 2 is 2.00 bits per heavy atom. The molecule has 0 aromatic rings. The van der Waals surface area contributed by atoms with E-state index in [1.165, 1.54) is 13.8 Å². The number of rotatable bonds is 3. The fourth-order valence-electron chi connectivity index (χ4n) is 0.494. The van der Waals surface area contributed by atoms with E-state index in [4.69, 9.17) is 5.11 Å². The highest BCUT2D eigenvalue weighted by Crippen LogP contribution is 2.03. The van der Waals surface area contributed by atoms with Gasteiger partial charge in [-0.1, -0.05) is 6.58 Å². The third-order valence-corrected chi connectivity index (χ3v) is 1.11. The molecule has 1 N–H and O–H groups in total. The van der Waals surface area contributed by atoms with Crippen molar-refractivity contribution >= 4 is 11.9 Å². The number of carboxylic acid groups (broad SMARTS) is 1. The maximum absolute atomic E-state index is 10.3. The van der Waals surface area contributed by atoms with Gasteiger partial charge in [-0.15, -0.1) is 0 Å². The Labute approximate surface area is 64.5 Å². The largest absolute Gasteiger partial charge is 0.478 e. The van der Waals surface area contributed by atoms with Crippen molar-refractivity contribution in [3.63, 3.8) is 0 Å². The predicted octanol–water partition coefficient (Wildman–Crippen LogP) is 0.579. The molecule has 0 fully saturated rings. The number of carboxylic acids is 1. The zero-order valence-corrected chi connectivity index (χ0v) is 6.46. The minimum atomic E-state index is -1.15. The number of carbonyl (C=O) groups is 2. The lowest BCUT2D eigenvalue weighted by Gasteiger charge is -2.10. The van der Waals surface area contributed by atoms with E-state index in [0.29, 0.717) is 0 Å². The van der Waals surface area contributed by atoms with Crippen LogP contribution in [0.15, 0.2) is 12.2 Å². The van der Waals surface area contributed by atoms with Crippen LogP contribution in [0.3, 0.4) is 0 Å². The maximum Gasteiger partial charge on any atom is 0.334 e. The van der Waals surface area contributed by atoms with E-state index in [-0.39, 0.29) is 5.57 Å². The first-order chi connectivity index (χ1) is 4.95. The maximum atomic E-state index is 10.3. The molecule has 0 saturated heterocycles. The van der Waals surface area contributed by atoms with Crippen molar-refractivity contribution in [1.29, 1.82) is 0 Å². The number of carbonyl (C=O) groups excluding carboxylic acids is 1. The normalized spacial score (nSPS) is 11.8. The number of hydrogen-bond donors (Lipinski definition) is 1. The van der Waals surface area contributed by atoms with Crippen LogP contribution in [0.4, 0.5) is 0 Å². The van der Waals surface area contributed by atoms with Crippen LogP contribution in [0, 0.1) is 0 Å². The molecule has 0 bridgehead atoms. The smallest absolute Gasteiger partial charge is 0.334 e.